The molecule has 5 heteroatoms. The molecule has 80 valence electrons. The minimum Gasteiger partial charge on any atom is -0.477 e. The Morgan fingerprint density at radius 2 is 2.27 bits per heavy atom. The van der Waals surface area contributed by atoms with E-state index in [0.717, 1.165) is 0 Å². The highest BCUT2D eigenvalue weighted by Gasteiger charge is 2.11. The minimum atomic E-state index is -1.22. The molecule has 1 aromatic rings. The van der Waals surface area contributed by atoms with Crippen LogP contribution in [-0.2, 0) is 6.54 Å². The molecule has 0 aliphatic heterocycles. The summed E-state index contributed by atoms with van der Waals surface area (Å²) >= 11 is 5.35. The predicted octanol–water partition coefficient (Wildman–Crippen LogP) is 1.61. The van der Waals surface area contributed by atoms with Gasteiger partial charge < -0.3 is 9.67 Å². The lowest BCUT2D eigenvalue weighted by Gasteiger charge is -2.07. The molecule has 0 aromatic carbocycles. The number of hydrogen-bond acceptors (Lipinski definition) is 2. The number of allylic oxidation sites excluding steroid dienone is 1. The number of carboxylic acid groups (broad SMARTS) is 1. The summed E-state index contributed by atoms with van der Waals surface area (Å²) in [5, 5.41) is 8.75. The Morgan fingerprint density at radius 1 is 1.60 bits per heavy atom. The fraction of sp³-hybridized carbons (Fsp3) is 0.200. The Balaban J connectivity index is 3.30. The number of carboxylic acids is 1. The molecule has 4 nitrogen and oxygen atoms in total. The highest BCUT2D eigenvalue weighted by atomic mass is 35.5. The Kier molecular flexibility index (Phi) is 3.68. The first-order chi connectivity index (χ1) is 7.07. The largest absolute Gasteiger partial charge is 0.477 e. The highest BCUT2D eigenvalue weighted by molar-refractivity contribution is 6.25. The summed E-state index contributed by atoms with van der Waals surface area (Å²) in [7, 11) is 0. The van der Waals surface area contributed by atoms with Crippen molar-refractivity contribution >= 4 is 17.6 Å². The number of aryl methyl sites for hydroxylation is 1. The van der Waals surface area contributed by atoms with Crippen molar-refractivity contribution in [2.24, 2.45) is 0 Å². The second kappa shape index (κ2) is 4.79. The lowest BCUT2D eigenvalue weighted by molar-refractivity contribution is 0.0694. The van der Waals surface area contributed by atoms with Crippen LogP contribution >= 0.6 is 11.6 Å². The lowest BCUT2D eigenvalue weighted by atomic mass is 10.2. The van der Waals surface area contributed by atoms with E-state index in [-0.39, 0.29) is 12.1 Å². The monoisotopic (exact) mass is 227 g/mol. The van der Waals surface area contributed by atoms with Gasteiger partial charge in [-0.05, 0) is 19.1 Å². The second-order valence-electron chi connectivity index (χ2n) is 2.97. The predicted molar refractivity (Wildman–Crippen MR) is 57.4 cm³/mol. The van der Waals surface area contributed by atoms with Crippen LogP contribution < -0.4 is 5.56 Å². The van der Waals surface area contributed by atoms with Crippen LogP contribution in [-0.4, -0.2) is 15.6 Å². The van der Waals surface area contributed by atoms with Gasteiger partial charge >= 0.3 is 5.97 Å². The normalized spacial score (nSPS) is 10.8. The van der Waals surface area contributed by atoms with Crippen molar-refractivity contribution in [2.75, 3.05) is 0 Å². The Labute approximate surface area is 91.4 Å². The molecule has 0 fully saturated rings. The van der Waals surface area contributed by atoms with Crippen LogP contribution in [0.25, 0.3) is 0 Å². The van der Waals surface area contributed by atoms with Gasteiger partial charge in [0.25, 0.3) is 5.56 Å². The molecule has 0 unspecified atom stereocenters. The Morgan fingerprint density at radius 3 is 2.80 bits per heavy atom. The molecule has 0 atom stereocenters. The number of rotatable bonds is 3. The van der Waals surface area contributed by atoms with Crippen LogP contribution in [0.3, 0.4) is 0 Å². The van der Waals surface area contributed by atoms with Crippen molar-refractivity contribution in [1.82, 2.24) is 4.57 Å². The summed E-state index contributed by atoms with van der Waals surface area (Å²) < 4.78 is 1.35. The van der Waals surface area contributed by atoms with Gasteiger partial charge in [0.15, 0.2) is 0 Å². The van der Waals surface area contributed by atoms with Crippen LogP contribution in [0, 0.1) is 6.92 Å². The molecule has 0 radical (unpaired) electrons. The van der Waals surface area contributed by atoms with Gasteiger partial charge in [-0.1, -0.05) is 17.7 Å². The molecule has 0 saturated carbocycles. The van der Waals surface area contributed by atoms with Crippen LogP contribution in [0.2, 0.25) is 0 Å². The number of nitrogens with zero attached hydrogens (tertiary/aromatic N) is 1. The first-order valence-corrected chi connectivity index (χ1v) is 4.70. The molecular weight excluding hydrogens is 218 g/mol. The van der Waals surface area contributed by atoms with Crippen LogP contribution in [0.1, 0.15) is 16.1 Å². The maximum atomic E-state index is 11.6. The first kappa shape index (κ1) is 11.5. The van der Waals surface area contributed by atoms with E-state index >= 15 is 0 Å². The van der Waals surface area contributed by atoms with E-state index < -0.39 is 11.5 Å². The summed E-state index contributed by atoms with van der Waals surface area (Å²) in [6.45, 7) is 2.00. The zero-order valence-corrected chi connectivity index (χ0v) is 8.86. The molecule has 0 bridgehead atoms. The lowest BCUT2D eigenvalue weighted by Crippen LogP contribution is -2.27. The van der Waals surface area contributed by atoms with Gasteiger partial charge in [-0.15, -0.1) is 0 Å². The van der Waals surface area contributed by atoms with E-state index in [1.165, 1.54) is 16.2 Å². The molecule has 1 aromatic heterocycles. The molecule has 0 aliphatic carbocycles. The van der Waals surface area contributed by atoms with Crippen LogP contribution in [0.5, 0.6) is 0 Å². The fourth-order valence-corrected chi connectivity index (χ4v) is 1.29. The second-order valence-corrected chi connectivity index (χ2v) is 3.22. The van der Waals surface area contributed by atoms with Crippen molar-refractivity contribution in [2.45, 2.75) is 13.5 Å². The zero-order chi connectivity index (χ0) is 11.4. The quantitative estimate of drug-likeness (QED) is 0.854. The Hall–Kier alpha value is -1.55. The summed E-state index contributed by atoms with van der Waals surface area (Å²) in [6, 6.07) is 2.90. The highest BCUT2D eigenvalue weighted by Crippen LogP contribution is 1.99. The van der Waals surface area contributed by atoms with Gasteiger partial charge in [0.05, 0.1) is 0 Å². The van der Waals surface area contributed by atoms with E-state index in [1.807, 2.05) is 0 Å². The average molecular weight is 228 g/mol. The molecule has 0 saturated heterocycles. The maximum Gasteiger partial charge on any atom is 0.341 e. The summed E-state index contributed by atoms with van der Waals surface area (Å²) in [4.78, 5) is 22.3. The van der Waals surface area contributed by atoms with Gasteiger partial charge in [0.2, 0.25) is 0 Å². The molecule has 15 heavy (non-hydrogen) atoms. The summed E-state index contributed by atoms with van der Waals surface area (Å²) in [5.41, 5.74) is 1.24. The smallest absolute Gasteiger partial charge is 0.341 e. The van der Waals surface area contributed by atoms with Gasteiger partial charge in [-0.3, -0.25) is 4.79 Å². The number of hydrogen-bond donors (Lipinski definition) is 1. The van der Waals surface area contributed by atoms with Crippen molar-refractivity contribution in [3.63, 3.8) is 0 Å². The third-order valence-corrected chi connectivity index (χ3v) is 2.18. The van der Waals surface area contributed by atoms with Gasteiger partial charge in [0, 0.05) is 17.8 Å². The SMILES string of the molecule is Cc1ccc(C(=O)O)c(=O)n1C/C=C/Cl. The molecule has 0 amide bonds. The van der Waals surface area contributed by atoms with Gasteiger partial charge in [0.1, 0.15) is 5.56 Å². The van der Waals surface area contributed by atoms with Gasteiger partial charge in [-0.25, -0.2) is 4.79 Å². The molecule has 0 spiro atoms. The number of carbonyl (C=O) groups is 1. The molecule has 1 heterocycles. The van der Waals surface area contributed by atoms with E-state index in [2.05, 4.69) is 0 Å². The number of aromatic nitrogens is 1. The van der Waals surface area contributed by atoms with Crippen molar-refractivity contribution in [3.8, 4) is 0 Å². The third kappa shape index (κ3) is 2.47. The Bertz CT molecular complexity index is 462. The average Bonchev–Trinajstić information content (AvgIpc) is 2.17. The number of halogens is 1. The van der Waals surface area contributed by atoms with Crippen molar-refractivity contribution in [3.05, 3.63) is 45.4 Å². The fourth-order valence-electron chi connectivity index (χ4n) is 1.21. The van der Waals surface area contributed by atoms with E-state index in [4.69, 9.17) is 16.7 Å². The summed E-state index contributed by atoms with van der Waals surface area (Å²) in [5.74, 6) is -1.22. The topological polar surface area (TPSA) is 59.3 Å². The number of aromatic carboxylic acids is 1. The van der Waals surface area contributed by atoms with Crippen LogP contribution in [0.4, 0.5) is 0 Å². The third-order valence-electron chi connectivity index (χ3n) is 2.00. The molecule has 1 rings (SSSR count). The van der Waals surface area contributed by atoms with Crippen LogP contribution in [0.15, 0.2) is 28.5 Å². The minimum absolute atomic E-state index is 0.233. The zero-order valence-electron chi connectivity index (χ0n) is 8.11. The maximum absolute atomic E-state index is 11.6. The van der Waals surface area contributed by atoms with E-state index in [9.17, 15) is 9.59 Å². The van der Waals surface area contributed by atoms with E-state index in [0.29, 0.717) is 5.69 Å². The van der Waals surface area contributed by atoms with Gasteiger partial charge in [-0.2, -0.15) is 0 Å². The molecule has 0 aliphatic rings. The van der Waals surface area contributed by atoms with E-state index in [1.54, 1.807) is 19.1 Å². The molecule has 1 N–H and O–H groups in total. The van der Waals surface area contributed by atoms with Crippen molar-refractivity contribution in [1.29, 1.82) is 0 Å². The number of pyridine rings is 1. The standard InChI is InChI=1S/C10H10ClNO3/c1-7-3-4-8(10(14)15)9(13)12(7)6-2-5-11/h2-5H,6H2,1H3,(H,14,15)/b5-2+. The summed E-state index contributed by atoms with van der Waals surface area (Å²) in [6.07, 6.45) is 1.57. The van der Waals surface area contributed by atoms with Crippen molar-refractivity contribution < 1.29 is 9.90 Å². The molecular formula is C10H10ClNO3. The first-order valence-electron chi connectivity index (χ1n) is 4.27.